The lowest BCUT2D eigenvalue weighted by atomic mass is 10.4. The van der Waals surface area contributed by atoms with Crippen LogP contribution in [0.2, 0.25) is 0 Å². The number of fused-ring (bicyclic) bond motifs is 1. The largest absolute Gasteiger partial charge is 0.343 e. The SMILES string of the molecule is CN(C)C(=O)c1cn2ccnc2cn1. The van der Waals surface area contributed by atoms with E-state index in [1.165, 1.54) is 4.90 Å². The van der Waals surface area contributed by atoms with Crippen LogP contribution in [-0.2, 0) is 0 Å². The molecule has 0 radical (unpaired) electrons. The fraction of sp³-hybridized carbons (Fsp3) is 0.222. The van der Waals surface area contributed by atoms with Crippen molar-refractivity contribution in [2.75, 3.05) is 14.1 Å². The lowest BCUT2D eigenvalue weighted by molar-refractivity contribution is 0.0821. The van der Waals surface area contributed by atoms with Gasteiger partial charge in [-0.05, 0) is 0 Å². The van der Waals surface area contributed by atoms with Crippen LogP contribution in [0.1, 0.15) is 10.5 Å². The van der Waals surface area contributed by atoms with E-state index in [0.717, 1.165) is 5.65 Å². The second-order valence-electron chi connectivity index (χ2n) is 3.16. The van der Waals surface area contributed by atoms with Gasteiger partial charge in [0.15, 0.2) is 5.65 Å². The van der Waals surface area contributed by atoms with Gasteiger partial charge in [0.25, 0.3) is 5.91 Å². The van der Waals surface area contributed by atoms with Crippen LogP contribution in [0, 0.1) is 0 Å². The van der Waals surface area contributed by atoms with Gasteiger partial charge >= 0.3 is 0 Å². The fourth-order valence-electron chi connectivity index (χ4n) is 1.17. The van der Waals surface area contributed by atoms with E-state index in [0.29, 0.717) is 5.69 Å². The molecular weight excluding hydrogens is 180 g/mol. The van der Waals surface area contributed by atoms with Crippen molar-refractivity contribution in [1.29, 1.82) is 0 Å². The third-order valence-corrected chi connectivity index (χ3v) is 1.90. The molecule has 5 heteroatoms. The summed E-state index contributed by atoms with van der Waals surface area (Å²) >= 11 is 0. The summed E-state index contributed by atoms with van der Waals surface area (Å²) in [7, 11) is 3.39. The first-order valence-electron chi connectivity index (χ1n) is 4.19. The molecule has 2 aromatic heterocycles. The molecule has 5 nitrogen and oxygen atoms in total. The zero-order valence-corrected chi connectivity index (χ0v) is 8.01. The number of amides is 1. The summed E-state index contributed by atoms with van der Waals surface area (Å²) in [5.74, 6) is -0.111. The Bertz CT molecular complexity index is 474. The van der Waals surface area contributed by atoms with Crippen molar-refractivity contribution < 1.29 is 4.79 Å². The summed E-state index contributed by atoms with van der Waals surface area (Å²) in [6.07, 6.45) is 6.70. The van der Waals surface area contributed by atoms with Crippen LogP contribution in [0.15, 0.2) is 24.8 Å². The maximum atomic E-state index is 11.5. The smallest absolute Gasteiger partial charge is 0.273 e. The molecule has 0 fully saturated rings. The van der Waals surface area contributed by atoms with E-state index in [-0.39, 0.29) is 5.91 Å². The van der Waals surface area contributed by atoms with Gasteiger partial charge in [0, 0.05) is 32.7 Å². The normalized spacial score (nSPS) is 10.4. The Hall–Kier alpha value is -1.91. The average molecular weight is 190 g/mol. The van der Waals surface area contributed by atoms with Crippen LogP contribution in [0.4, 0.5) is 0 Å². The second-order valence-corrected chi connectivity index (χ2v) is 3.16. The third kappa shape index (κ3) is 1.32. The lowest BCUT2D eigenvalue weighted by Crippen LogP contribution is -2.23. The first-order chi connectivity index (χ1) is 6.68. The minimum absolute atomic E-state index is 0.111. The second kappa shape index (κ2) is 3.10. The van der Waals surface area contributed by atoms with Gasteiger partial charge in [-0.25, -0.2) is 9.97 Å². The highest BCUT2D eigenvalue weighted by Crippen LogP contribution is 2.02. The molecule has 1 amide bonds. The first kappa shape index (κ1) is 8.68. The molecule has 0 aliphatic carbocycles. The number of carbonyl (C=O) groups excluding carboxylic acids is 1. The molecule has 72 valence electrons. The van der Waals surface area contributed by atoms with Gasteiger partial charge in [-0.3, -0.25) is 4.79 Å². The topological polar surface area (TPSA) is 50.5 Å². The van der Waals surface area contributed by atoms with E-state index >= 15 is 0 Å². The minimum atomic E-state index is -0.111. The van der Waals surface area contributed by atoms with Gasteiger partial charge in [0.2, 0.25) is 0 Å². The van der Waals surface area contributed by atoms with Crippen molar-refractivity contribution in [3.05, 3.63) is 30.5 Å². The Balaban J connectivity index is 2.48. The number of rotatable bonds is 1. The fourth-order valence-corrected chi connectivity index (χ4v) is 1.17. The third-order valence-electron chi connectivity index (χ3n) is 1.90. The Labute approximate surface area is 81.0 Å². The molecular formula is C9H10N4O. The van der Waals surface area contributed by atoms with E-state index in [1.807, 2.05) is 0 Å². The van der Waals surface area contributed by atoms with E-state index in [4.69, 9.17) is 0 Å². The molecule has 0 bridgehead atoms. The van der Waals surface area contributed by atoms with Gasteiger partial charge in [-0.1, -0.05) is 0 Å². The van der Waals surface area contributed by atoms with Crippen molar-refractivity contribution >= 4 is 11.6 Å². The molecule has 0 atom stereocenters. The number of nitrogens with zero attached hydrogens (tertiary/aromatic N) is 4. The quantitative estimate of drug-likeness (QED) is 0.655. The first-order valence-corrected chi connectivity index (χ1v) is 4.19. The molecule has 0 saturated carbocycles. The summed E-state index contributed by atoms with van der Waals surface area (Å²) in [5, 5.41) is 0. The number of imidazole rings is 1. The molecule has 2 rings (SSSR count). The Morgan fingerprint density at radius 2 is 2.21 bits per heavy atom. The molecule has 2 aromatic rings. The molecule has 0 N–H and O–H groups in total. The Morgan fingerprint density at radius 1 is 1.43 bits per heavy atom. The van der Waals surface area contributed by atoms with Crippen molar-refractivity contribution in [3.63, 3.8) is 0 Å². The van der Waals surface area contributed by atoms with Gasteiger partial charge in [-0.15, -0.1) is 0 Å². The number of carbonyl (C=O) groups is 1. The van der Waals surface area contributed by atoms with Crippen LogP contribution >= 0.6 is 0 Å². The summed E-state index contributed by atoms with van der Waals surface area (Å²) in [6.45, 7) is 0. The van der Waals surface area contributed by atoms with E-state index in [9.17, 15) is 4.79 Å². The van der Waals surface area contributed by atoms with Crippen molar-refractivity contribution in [2.45, 2.75) is 0 Å². The van der Waals surface area contributed by atoms with Crippen LogP contribution in [-0.4, -0.2) is 39.3 Å². The summed E-state index contributed by atoms with van der Waals surface area (Å²) in [6, 6.07) is 0. The monoisotopic (exact) mass is 190 g/mol. The van der Waals surface area contributed by atoms with E-state index in [2.05, 4.69) is 9.97 Å². The highest BCUT2D eigenvalue weighted by molar-refractivity contribution is 5.91. The highest BCUT2D eigenvalue weighted by atomic mass is 16.2. The maximum absolute atomic E-state index is 11.5. The number of hydrogen-bond donors (Lipinski definition) is 0. The Kier molecular flexibility index (Phi) is 1.92. The zero-order chi connectivity index (χ0) is 10.1. The summed E-state index contributed by atoms with van der Waals surface area (Å²) in [4.78, 5) is 21.1. The van der Waals surface area contributed by atoms with E-state index < -0.39 is 0 Å². The highest BCUT2D eigenvalue weighted by Gasteiger charge is 2.09. The van der Waals surface area contributed by atoms with Crippen molar-refractivity contribution in [1.82, 2.24) is 19.3 Å². The van der Waals surface area contributed by atoms with Gasteiger partial charge in [-0.2, -0.15) is 0 Å². The minimum Gasteiger partial charge on any atom is -0.343 e. The standard InChI is InChI=1S/C9H10N4O/c1-12(2)9(14)7-6-13-4-3-10-8(13)5-11-7/h3-6H,1-2H3. The average Bonchev–Trinajstić information content (AvgIpc) is 2.62. The zero-order valence-electron chi connectivity index (χ0n) is 8.01. The summed E-state index contributed by atoms with van der Waals surface area (Å²) < 4.78 is 1.77. The van der Waals surface area contributed by atoms with Gasteiger partial charge in [0.1, 0.15) is 5.69 Å². The molecule has 0 aliphatic heterocycles. The maximum Gasteiger partial charge on any atom is 0.273 e. The predicted molar refractivity (Wildman–Crippen MR) is 51.0 cm³/mol. The Morgan fingerprint density at radius 3 is 2.93 bits per heavy atom. The number of hydrogen-bond acceptors (Lipinski definition) is 3. The number of aromatic nitrogens is 3. The van der Waals surface area contributed by atoms with E-state index in [1.54, 1.807) is 43.3 Å². The van der Waals surface area contributed by atoms with Crippen LogP contribution in [0.5, 0.6) is 0 Å². The molecule has 0 spiro atoms. The van der Waals surface area contributed by atoms with Gasteiger partial charge < -0.3 is 9.30 Å². The lowest BCUT2D eigenvalue weighted by Gasteiger charge is -2.08. The van der Waals surface area contributed by atoms with Gasteiger partial charge in [0.05, 0.1) is 6.20 Å². The molecule has 2 heterocycles. The molecule has 0 aliphatic rings. The molecule has 14 heavy (non-hydrogen) atoms. The van der Waals surface area contributed by atoms with Crippen molar-refractivity contribution in [2.24, 2.45) is 0 Å². The molecule has 0 unspecified atom stereocenters. The summed E-state index contributed by atoms with van der Waals surface area (Å²) in [5.41, 5.74) is 1.15. The predicted octanol–water partition coefficient (Wildman–Crippen LogP) is 0.431. The molecule has 0 saturated heterocycles. The van der Waals surface area contributed by atoms with Crippen LogP contribution < -0.4 is 0 Å². The van der Waals surface area contributed by atoms with Crippen LogP contribution in [0.25, 0.3) is 5.65 Å². The molecule has 0 aromatic carbocycles. The van der Waals surface area contributed by atoms with Crippen molar-refractivity contribution in [3.8, 4) is 0 Å². The van der Waals surface area contributed by atoms with Crippen LogP contribution in [0.3, 0.4) is 0 Å².